The van der Waals surface area contributed by atoms with Crippen LogP contribution in [0.15, 0.2) is 34.7 Å². The Morgan fingerprint density at radius 2 is 1.55 bits per heavy atom. The first-order valence-corrected chi connectivity index (χ1v) is 10.0. The Morgan fingerprint density at radius 1 is 0.935 bits per heavy atom. The predicted molar refractivity (Wildman–Crippen MR) is 107 cm³/mol. The average Bonchev–Trinajstić information content (AvgIpc) is 3.19. The van der Waals surface area contributed by atoms with E-state index in [4.69, 9.17) is 13.9 Å². The van der Waals surface area contributed by atoms with E-state index < -0.39 is 42.0 Å². The van der Waals surface area contributed by atoms with E-state index in [0.29, 0.717) is 12.8 Å². The standard InChI is InChI=1S/C23H22O8/c1-4-13(5-2)23(28)30-12(3)29-19(25)11-17(24)18-10-16-20(26)14-8-6-7-9-15(14)21(27)22(16)31-18/h6-10,12-13H,4-5,11H2,1-3H3. The van der Waals surface area contributed by atoms with Gasteiger partial charge in [-0.2, -0.15) is 0 Å². The van der Waals surface area contributed by atoms with Crippen molar-refractivity contribution in [2.75, 3.05) is 0 Å². The highest BCUT2D eigenvalue weighted by Crippen LogP contribution is 2.30. The molecule has 8 heteroatoms. The normalized spacial score (nSPS) is 13.4. The highest BCUT2D eigenvalue weighted by Gasteiger charge is 2.35. The van der Waals surface area contributed by atoms with Crippen molar-refractivity contribution in [3.63, 3.8) is 0 Å². The van der Waals surface area contributed by atoms with Crippen LogP contribution in [0, 0.1) is 5.92 Å². The second-order valence-corrected chi connectivity index (χ2v) is 7.17. The van der Waals surface area contributed by atoms with Crippen LogP contribution in [0.5, 0.6) is 0 Å². The lowest BCUT2D eigenvalue weighted by Crippen LogP contribution is -2.26. The molecule has 162 valence electrons. The zero-order valence-corrected chi connectivity index (χ0v) is 17.4. The number of fused-ring (bicyclic) bond motifs is 2. The fraction of sp³-hybridized carbons (Fsp3) is 0.348. The van der Waals surface area contributed by atoms with Gasteiger partial charge in [-0.1, -0.05) is 38.1 Å². The van der Waals surface area contributed by atoms with E-state index >= 15 is 0 Å². The summed E-state index contributed by atoms with van der Waals surface area (Å²) in [6.45, 7) is 5.08. The molecule has 0 saturated heterocycles. The molecule has 0 radical (unpaired) electrons. The third-order valence-corrected chi connectivity index (χ3v) is 5.08. The van der Waals surface area contributed by atoms with E-state index in [0.717, 1.165) is 6.07 Å². The lowest BCUT2D eigenvalue weighted by molar-refractivity contribution is -0.186. The second kappa shape index (κ2) is 9.07. The minimum atomic E-state index is -1.16. The van der Waals surface area contributed by atoms with Gasteiger partial charge in [0.15, 0.2) is 17.3 Å². The van der Waals surface area contributed by atoms with Crippen molar-refractivity contribution in [1.82, 2.24) is 0 Å². The Labute approximate surface area is 178 Å². The molecule has 0 saturated carbocycles. The Hall–Kier alpha value is -3.55. The molecular weight excluding hydrogens is 404 g/mol. The number of ketones is 3. The van der Waals surface area contributed by atoms with E-state index in [1.165, 1.54) is 19.1 Å². The van der Waals surface area contributed by atoms with Crippen molar-refractivity contribution in [2.24, 2.45) is 5.92 Å². The van der Waals surface area contributed by atoms with Gasteiger partial charge in [0.05, 0.1) is 11.5 Å². The van der Waals surface area contributed by atoms with E-state index in [2.05, 4.69) is 0 Å². The quantitative estimate of drug-likeness (QED) is 0.232. The summed E-state index contributed by atoms with van der Waals surface area (Å²) in [5, 5.41) is 0. The number of furan rings is 1. The number of Topliss-reactive ketones (excluding diaryl/α,β-unsaturated/α-hetero) is 1. The van der Waals surface area contributed by atoms with Gasteiger partial charge in [-0.05, 0) is 18.9 Å². The maximum absolute atomic E-state index is 12.6. The summed E-state index contributed by atoms with van der Waals surface area (Å²) >= 11 is 0. The highest BCUT2D eigenvalue weighted by molar-refractivity contribution is 6.28. The largest absolute Gasteiger partial charge is 0.449 e. The zero-order valence-electron chi connectivity index (χ0n) is 17.4. The molecule has 1 heterocycles. The molecule has 1 aliphatic carbocycles. The van der Waals surface area contributed by atoms with Crippen LogP contribution >= 0.6 is 0 Å². The lowest BCUT2D eigenvalue weighted by Gasteiger charge is -2.17. The molecule has 0 N–H and O–H groups in total. The molecule has 8 nitrogen and oxygen atoms in total. The van der Waals surface area contributed by atoms with Gasteiger partial charge in [-0.15, -0.1) is 0 Å². The molecule has 3 rings (SSSR count). The number of esters is 2. The lowest BCUT2D eigenvalue weighted by atomic mass is 9.88. The molecule has 1 aromatic carbocycles. The summed E-state index contributed by atoms with van der Waals surface area (Å²) in [6, 6.07) is 7.45. The summed E-state index contributed by atoms with van der Waals surface area (Å²) in [7, 11) is 0. The molecule has 31 heavy (non-hydrogen) atoms. The van der Waals surface area contributed by atoms with Crippen LogP contribution in [-0.4, -0.2) is 35.6 Å². The molecule has 0 amide bonds. The molecular formula is C23H22O8. The highest BCUT2D eigenvalue weighted by atomic mass is 16.7. The van der Waals surface area contributed by atoms with Crippen molar-refractivity contribution in [3.05, 3.63) is 58.5 Å². The first-order valence-electron chi connectivity index (χ1n) is 10.0. The van der Waals surface area contributed by atoms with E-state index in [-0.39, 0.29) is 34.1 Å². The molecule has 0 aliphatic heterocycles. The van der Waals surface area contributed by atoms with Crippen molar-refractivity contribution >= 4 is 29.3 Å². The van der Waals surface area contributed by atoms with Gasteiger partial charge in [-0.3, -0.25) is 24.0 Å². The first-order chi connectivity index (χ1) is 14.8. The maximum Gasteiger partial charge on any atom is 0.316 e. The minimum Gasteiger partial charge on any atom is -0.449 e. The predicted octanol–water partition coefficient (Wildman–Crippen LogP) is 3.50. The van der Waals surface area contributed by atoms with E-state index in [1.807, 2.05) is 13.8 Å². The van der Waals surface area contributed by atoms with Crippen molar-refractivity contribution < 1.29 is 37.9 Å². The molecule has 1 aromatic heterocycles. The van der Waals surface area contributed by atoms with Crippen LogP contribution in [0.1, 0.15) is 82.6 Å². The van der Waals surface area contributed by atoms with Gasteiger partial charge in [-0.25, -0.2) is 0 Å². The van der Waals surface area contributed by atoms with Crippen LogP contribution in [0.3, 0.4) is 0 Å². The molecule has 1 unspecified atom stereocenters. The minimum absolute atomic E-state index is 0.0205. The maximum atomic E-state index is 12.6. The summed E-state index contributed by atoms with van der Waals surface area (Å²) in [6.07, 6.45) is -0.664. The monoisotopic (exact) mass is 426 g/mol. The molecule has 0 fully saturated rings. The molecule has 0 spiro atoms. The smallest absolute Gasteiger partial charge is 0.316 e. The summed E-state index contributed by atoms with van der Waals surface area (Å²) < 4.78 is 15.4. The molecule has 0 bridgehead atoms. The van der Waals surface area contributed by atoms with Crippen molar-refractivity contribution in [1.29, 1.82) is 0 Å². The van der Waals surface area contributed by atoms with Gasteiger partial charge in [0.2, 0.25) is 17.9 Å². The topological polar surface area (TPSA) is 117 Å². The van der Waals surface area contributed by atoms with E-state index in [9.17, 15) is 24.0 Å². The van der Waals surface area contributed by atoms with Gasteiger partial charge < -0.3 is 13.9 Å². The summed E-state index contributed by atoms with van der Waals surface area (Å²) in [5.74, 6) is -3.92. The van der Waals surface area contributed by atoms with Gasteiger partial charge >= 0.3 is 11.9 Å². The van der Waals surface area contributed by atoms with Crippen LogP contribution in [0.4, 0.5) is 0 Å². The van der Waals surface area contributed by atoms with Crippen LogP contribution in [-0.2, 0) is 19.1 Å². The number of rotatable bonds is 8. The van der Waals surface area contributed by atoms with Crippen molar-refractivity contribution in [2.45, 2.75) is 46.3 Å². The number of benzene rings is 1. The van der Waals surface area contributed by atoms with Crippen molar-refractivity contribution in [3.8, 4) is 0 Å². The average molecular weight is 426 g/mol. The summed E-state index contributed by atoms with van der Waals surface area (Å²) in [5.41, 5.74) is 0.404. The van der Waals surface area contributed by atoms with Crippen LogP contribution in [0.25, 0.3) is 0 Å². The number of ether oxygens (including phenoxy) is 2. The fourth-order valence-corrected chi connectivity index (χ4v) is 3.36. The number of carbonyl (C=O) groups excluding carboxylic acids is 5. The van der Waals surface area contributed by atoms with Gasteiger partial charge in [0, 0.05) is 18.1 Å². The molecule has 2 aromatic rings. The summed E-state index contributed by atoms with van der Waals surface area (Å²) in [4.78, 5) is 61.6. The second-order valence-electron chi connectivity index (χ2n) is 7.17. The zero-order chi connectivity index (χ0) is 22.7. The van der Waals surface area contributed by atoms with Crippen LogP contribution in [0.2, 0.25) is 0 Å². The van der Waals surface area contributed by atoms with Crippen LogP contribution < -0.4 is 0 Å². The number of hydrogen-bond acceptors (Lipinski definition) is 8. The Bertz CT molecular complexity index is 1000. The van der Waals surface area contributed by atoms with Gasteiger partial charge in [0.1, 0.15) is 6.42 Å². The molecule has 1 aliphatic rings. The Kier molecular flexibility index (Phi) is 6.48. The Morgan fingerprint density at radius 3 is 2.16 bits per heavy atom. The molecule has 1 atom stereocenters. The third-order valence-electron chi connectivity index (χ3n) is 5.08. The third kappa shape index (κ3) is 4.47. The number of carbonyl (C=O) groups is 5. The van der Waals surface area contributed by atoms with E-state index in [1.54, 1.807) is 12.1 Å². The fourth-order valence-electron chi connectivity index (χ4n) is 3.36. The van der Waals surface area contributed by atoms with Gasteiger partial charge in [0.25, 0.3) is 0 Å². The number of hydrogen-bond donors (Lipinski definition) is 0. The SMILES string of the molecule is CCC(CC)C(=O)OC(C)OC(=O)CC(=O)c1cc2c(o1)C(=O)c1ccccc1C2=O. The Balaban J connectivity index is 1.66. The first kappa shape index (κ1) is 22.1.